The van der Waals surface area contributed by atoms with Crippen LogP contribution in [0, 0.1) is 6.92 Å². The Morgan fingerprint density at radius 1 is 1.03 bits per heavy atom. The molecule has 1 aliphatic carbocycles. The Balaban J connectivity index is 1.21. The van der Waals surface area contributed by atoms with Gasteiger partial charge in [0, 0.05) is 37.5 Å². The zero-order valence-corrected chi connectivity index (χ0v) is 22.1. The van der Waals surface area contributed by atoms with Crippen LogP contribution in [0.25, 0.3) is 5.57 Å². The van der Waals surface area contributed by atoms with Crippen molar-refractivity contribution in [2.75, 3.05) is 27.2 Å². The number of amides is 2. The van der Waals surface area contributed by atoms with Gasteiger partial charge in [-0.05, 0) is 76.2 Å². The molecule has 2 amide bonds. The molecule has 5 nitrogen and oxygen atoms in total. The number of nitrogens with one attached hydrogen (secondary N) is 1. The van der Waals surface area contributed by atoms with Crippen LogP contribution < -0.4 is 5.32 Å². The summed E-state index contributed by atoms with van der Waals surface area (Å²) < 4.78 is 0. The van der Waals surface area contributed by atoms with Crippen molar-refractivity contribution in [3.8, 4) is 0 Å². The lowest BCUT2D eigenvalue weighted by Gasteiger charge is -2.45. The quantitative estimate of drug-likeness (QED) is 0.571. The Morgan fingerprint density at radius 2 is 1.78 bits per heavy atom. The Morgan fingerprint density at radius 3 is 2.42 bits per heavy atom. The summed E-state index contributed by atoms with van der Waals surface area (Å²) in [5.74, 6) is 0.0730. The molecule has 1 fully saturated rings. The van der Waals surface area contributed by atoms with Crippen LogP contribution in [0.4, 0.5) is 0 Å². The second-order valence-electron chi connectivity index (χ2n) is 10.8. The van der Waals surface area contributed by atoms with Gasteiger partial charge in [-0.3, -0.25) is 9.59 Å². The highest BCUT2D eigenvalue weighted by Crippen LogP contribution is 2.35. The van der Waals surface area contributed by atoms with Crippen LogP contribution in [0.2, 0.25) is 0 Å². The number of carbonyl (C=O) groups excluding carboxylic acids is 2. The molecule has 1 N–H and O–H groups in total. The predicted molar refractivity (Wildman–Crippen MR) is 147 cm³/mol. The molecule has 0 unspecified atom stereocenters. The molecule has 4 rings (SSSR count). The van der Waals surface area contributed by atoms with E-state index >= 15 is 0 Å². The predicted octanol–water partition coefficient (Wildman–Crippen LogP) is 4.99. The zero-order valence-electron chi connectivity index (χ0n) is 22.1. The molecule has 1 heterocycles. The lowest BCUT2D eigenvalue weighted by Crippen LogP contribution is -2.52. The van der Waals surface area contributed by atoms with Crippen molar-refractivity contribution in [3.05, 3.63) is 77.4 Å². The monoisotopic (exact) mass is 487 g/mol. The van der Waals surface area contributed by atoms with Gasteiger partial charge >= 0.3 is 0 Å². The van der Waals surface area contributed by atoms with Crippen molar-refractivity contribution in [1.82, 2.24) is 15.1 Å². The summed E-state index contributed by atoms with van der Waals surface area (Å²) in [6, 6.07) is 19.3. The molecule has 2 aliphatic rings. The molecule has 1 aliphatic heterocycles. The highest BCUT2D eigenvalue weighted by molar-refractivity contribution is 5.84. The molecule has 0 spiro atoms. The fourth-order valence-electron chi connectivity index (χ4n) is 5.77. The zero-order chi connectivity index (χ0) is 25.5. The molecule has 0 saturated heterocycles. The first kappa shape index (κ1) is 26.2. The van der Waals surface area contributed by atoms with Crippen molar-refractivity contribution >= 4 is 17.4 Å². The summed E-state index contributed by atoms with van der Waals surface area (Å²) in [5, 5.41) is 3.22. The van der Waals surface area contributed by atoms with E-state index in [1.54, 1.807) is 0 Å². The van der Waals surface area contributed by atoms with E-state index < -0.39 is 0 Å². The average Bonchev–Trinajstić information content (AvgIpc) is 2.89. The molecule has 1 saturated carbocycles. The Hall–Kier alpha value is -2.92. The summed E-state index contributed by atoms with van der Waals surface area (Å²) >= 11 is 0. The number of carbonyl (C=O) groups is 2. The number of likely N-dealkylation sites (N-methyl/N-ethyl adjacent to an activating group) is 1. The minimum absolute atomic E-state index is 0.00177. The average molecular weight is 488 g/mol. The van der Waals surface area contributed by atoms with E-state index in [1.165, 1.54) is 22.3 Å². The van der Waals surface area contributed by atoms with Gasteiger partial charge in [-0.25, -0.2) is 0 Å². The van der Waals surface area contributed by atoms with Crippen molar-refractivity contribution in [1.29, 1.82) is 0 Å². The Labute approximate surface area is 216 Å². The molecular formula is C31H41N3O2. The van der Waals surface area contributed by atoms with E-state index in [0.29, 0.717) is 6.54 Å². The number of nitrogens with zero attached hydrogens (tertiary/aromatic N) is 2. The Kier molecular flexibility index (Phi) is 8.63. The first-order chi connectivity index (χ1) is 17.3. The molecule has 0 atom stereocenters. The maximum atomic E-state index is 12.7. The maximum Gasteiger partial charge on any atom is 0.223 e. The van der Waals surface area contributed by atoms with Crippen LogP contribution >= 0.6 is 0 Å². The summed E-state index contributed by atoms with van der Waals surface area (Å²) in [6.07, 6.45) is 8.65. The molecule has 0 bridgehead atoms. The smallest absolute Gasteiger partial charge is 0.223 e. The van der Waals surface area contributed by atoms with Gasteiger partial charge in [0.25, 0.3) is 0 Å². The molecule has 192 valence electrons. The number of hydrogen-bond donors (Lipinski definition) is 1. The van der Waals surface area contributed by atoms with Crippen molar-refractivity contribution in [2.45, 2.75) is 69.9 Å². The van der Waals surface area contributed by atoms with Gasteiger partial charge in [0.05, 0.1) is 0 Å². The fourth-order valence-corrected chi connectivity index (χ4v) is 5.77. The third-order valence-corrected chi connectivity index (χ3v) is 8.12. The van der Waals surface area contributed by atoms with E-state index in [2.05, 4.69) is 73.7 Å². The second kappa shape index (κ2) is 11.9. The number of hydrogen-bond acceptors (Lipinski definition) is 3. The second-order valence-corrected chi connectivity index (χ2v) is 10.8. The van der Waals surface area contributed by atoms with Crippen LogP contribution in [0.5, 0.6) is 0 Å². The van der Waals surface area contributed by atoms with Gasteiger partial charge in [0.15, 0.2) is 0 Å². The van der Waals surface area contributed by atoms with Gasteiger partial charge < -0.3 is 15.1 Å². The van der Waals surface area contributed by atoms with E-state index in [4.69, 9.17) is 0 Å². The van der Waals surface area contributed by atoms with Crippen molar-refractivity contribution < 1.29 is 9.59 Å². The SMILES string of the molecule is Cc1cccc(CC2(N(C)C)CCC(NC(=O)CCC(=O)N3CC=C(c4ccccc4)CC3)CC2)c1. The van der Waals surface area contributed by atoms with E-state index in [9.17, 15) is 9.59 Å². The first-order valence-electron chi connectivity index (χ1n) is 13.4. The molecule has 0 radical (unpaired) electrons. The maximum absolute atomic E-state index is 12.7. The summed E-state index contributed by atoms with van der Waals surface area (Å²) in [5.41, 5.74) is 5.34. The third kappa shape index (κ3) is 6.64. The van der Waals surface area contributed by atoms with E-state index in [0.717, 1.165) is 45.1 Å². The molecule has 5 heteroatoms. The van der Waals surface area contributed by atoms with Crippen LogP contribution in [0.3, 0.4) is 0 Å². The van der Waals surface area contributed by atoms with E-state index in [1.807, 2.05) is 23.1 Å². The minimum Gasteiger partial charge on any atom is -0.353 e. The molecule has 36 heavy (non-hydrogen) atoms. The van der Waals surface area contributed by atoms with Crippen LogP contribution in [0.1, 0.15) is 61.6 Å². The highest BCUT2D eigenvalue weighted by Gasteiger charge is 2.37. The topological polar surface area (TPSA) is 52.7 Å². The molecular weight excluding hydrogens is 446 g/mol. The van der Waals surface area contributed by atoms with Crippen molar-refractivity contribution in [3.63, 3.8) is 0 Å². The van der Waals surface area contributed by atoms with Crippen LogP contribution in [-0.4, -0.2) is 60.4 Å². The fraction of sp³-hybridized carbons (Fsp3) is 0.484. The van der Waals surface area contributed by atoms with E-state index in [-0.39, 0.29) is 36.2 Å². The third-order valence-electron chi connectivity index (χ3n) is 8.12. The van der Waals surface area contributed by atoms with Crippen LogP contribution in [0.15, 0.2) is 60.7 Å². The standard InChI is InChI=1S/C31H41N3O2/c1-24-8-7-9-25(22-24)23-31(33(2)3)18-14-28(15-19-31)32-29(35)12-13-30(36)34-20-16-27(17-21-34)26-10-5-4-6-11-26/h4-11,16,22,28H,12-15,17-21,23H2,1-3H3,(H,32,35). The lowest BCUT2D eigenvalue weighted by molar-refractivity contribution is -0.133. The molecule has 0 aromatic heterocycles. The first-order valence-corrected chi connectivity index (χ1v) is 13.4. The largest absolute Gasteiger partial charge is 0.353 e. The summed E-state index contributed by atoms with van der Waals surface area (Å²) in [4.78, 5) is 29.6. The Bertz CT molecular complexity index is 1070. The van der Waals surface area contributed by atoms with Gasteiger partial charge in [-0.15, -0.1) is 0 Å². The summed E-state index contributed by atoms with van der Waals surface area (Å²) in [7, 11) is 4.36. The minimum atomic E-state index is 0.00177. The normalized spacial score (nSPS) is 22.3. The lowest BCUT2D eigenvalue weighted by atomic mass is 9.74. The number of benzene rings is 2. The van der Waals surface area contributed by atoms with Gasteiger partial charge in [0.1, 0.15) is 0 Å². The highest BCUT2D eigenvalue weighted by atomic mass is 16.2. The summed E-state index contributed by atoms with van der Waals surface area (Å²) in [6.45, 7) is 3.49. The van der Waals surface area contributed by atoms with Gasteiger partial charge in [-0.2, -0.15) is 0 Å². The van der Waals surface area contributed by atoms with Gasteiger partial charge in [0.2, 0.25) is 11.8 Å². The molecule has 2 aromatic rings. The van der Waals surface area contributed by atoms with Crippen molar-refractivity contribution in [2.24, 2.45) is 0 Å². The van der Waals surface area contributed by atoms with Gasteiger partial charge in [-0.1, -0.05) is 66.2 Å². The number of rotatable bonds is 8. The molecule has 2 aromatic carbocycles. The van der Waals surface area contributed by atoms with Crippen LogP contribution in [-0.2, 0) is 16.0 Å². The number of aryl methyl sites for hydroxylation is 1.